The van der Waals surface area contributed by atoms with E-state index < -0.39 is 6.04 Å². The Balaban J connectivity index is 1.79. The Bertz CT molecular complexity index is 992. The highest BCUT2D eigenvalue weighted by molar-refractivity contribution is 6.36. The van der Waals surface area contributed by atoms with Gasteiger partial charge in [0.15, 0.2) is 11.5 Å². The van der Waals surface area contributed by atoms with Crippen LogP contribution < -0.4 is 14.8 Å². The Morgan fingerprint density at radius 1 is 1.06 bits per heavy atom. The predicted molar refractivity (Wildman–Crippen MR) is 135 cm³/mol. The summed E-state index contributed by atoms with van der Waals surface area (Å²) in [5.41, 5.74) is 1.60. The standard InChI is InChI=1S/C26H32Cl2N2O4/c1-4-22(26(32)29-15-17(2)3)30(16-19-20(27)6-5-7-21(19)28)25(31)11-9-18-8-10-23-24(14-18)34-13-12-33-23/h5-8,10,14,17,22H,4,9,11-13,15-16H2,1-3H3,(H,29,32). The molecule has 1 aliphatic rings. The molecule has 1 atom stereocenters. The zero-order valence-corrected chi connectivity index (χ0v) is 21.4. The molecule has 6 nitrogen and oxygen atoms in total. The molecule has 2 amide bonds. The maximum atomic E-state index is 13.5. The summed E-state index contributed by atoms with van der Waals surface area (Å²) in [5, 5.41) is 3.90. The van der Waals surface area contributed by atoms with Crippen molar-refractivity contribution in [1.29, 1.82) is 0 Å². The van der Waals surface area contributed by atoms with Gasteiger partial charge in [-0.3, -0.25) is 9.59 Å². The Morgan fingerprint density at radius 2 is 1.74 bits per heavy atom. The van der Waals surface area contributed by atoms with Gasteiger partial charge in [-0.1, -0.05) is 56.1 Å². The van der Waals surface area contributed by atoms with Gasteiger partial charge in [0.25, 0.3) is 0 Å². The number of hydrogen-bond acceptors (Lipinski definition) is 4. The molecule has 0 saturated carbocycles. The SMILES string of the molecule is CCC(C(=O)NCC(C)C)N(Cc1c(Cl)cccc1Cl)C(=O)CCc1ccc2c(c1)OCCO2. The van der Waals surface area contributed by atoms with Crippen LogP contribution in [-0.2, 0) is 22.6 Å². The lowest BCUT2D eigenvalue weighted by molar-refractivity contribution is -0.141. The first-order valence-corrected chi connectivity index (χ1v) is 12.4. The van der Waals surface area contributed by atoms with Crippen molar-refractivity contribution < 1.29 is 19.1 Å². The normalized spacial score (nSPS) is 13.5. The van der Waals surface area contributed by atoms with E-state index in [0.717, 1.165) is 5.56 Å². The van der Waals surface area contributed by atoms with Crippen LogP contribution in [0.15, 0.2) is 36.4 Å². The van der Waals surface area contributed by atoms with E-state index in [1.54, 1.807) is 23.1 Å². The minimum atomic E-state index is -0.626. The van der Waals surface area contributed by atoms with Crippen molar-refractivity contribution in [2.45, 2.75) is 52.6 Å². The Hall–Kier alpha value is -2.44. The molecular formula is C26H32Cl2N2O4. The number of ether oxygens (including phenoxy) is 2. The van der Waals surface area contributed by atoms with Crippen LogP contribution in [0.3, 0.4) is 0 Å². The number of nitrogens with one attached hydrogen (secondary N) is 1. The first-order chi connectivity index (χ1) is 16.3. The van der Waals surface area contributed by atoms with Gasteiger partial charge < -0.3 is 19.7 Å². The average molecular weight is 507 g/mol. The van der Waals surface area contributed by atoms with Crippen molar-refractivity contribution in [3.05, 3.63) is 57.6 Å². The maximum absolute atomic E-state index is 13.5. The summed E-state index contributed by atoms with van der Waals surface area (Å²) < 4.78 is 11.2. The van der Waals surface area contributed by atoms with Gasteiger partial charge in [-0.2, -0.15) is 0 Å². The maximum Gasteiger partial charge on any atom is 0.242 e. The van der Waals surface area contributed by atoms with E-state index in [-0.39, 0.29) is 24.8 Å². The zero-order chi connectivity index (χ0) is 24.7. The summed E-state index contributed by atoms with van der Waals surface area (Å²) in [5.74, 6) is 1.39. The lowest BCUT2D eigenvalue weighted by Crippen LogP contribution is -2.49. The van der Waals surface area contributed by atoms with Crippen molar-refractivity contribution in [2.24, 2.45) is 5.92 Å². The van der Waals surface area contributed by atoms with Crippen LogP contribution in [0.5, 0.6) is 11.5 Å². The van der Waals surface area contributed by atoms with Gasteiger partial charge in [0, 0.05) is 35.1 Å². The molecule has 0 aliphatic carbocycles. The van der Waals surface area contributed by atoms with Crippen LogP contribution in [0.2, 0.25) is 10.0 Å². The largest absolute Gasteiger partial charge is 0.486 e. The van der Waals surface area contributed by atoms with Gasteiger partial charge in [0.05, 0.1) is 0 Å². The minimum Gasteiger partial charge on any atom is -0.486 e. The number of fused-ring (bicyclic) bond motifs is 1. The van der Waals surface area contributed by atoms with Crippen LogP contribution in [-0.4, -0.2) is 42.5 Å². The highest BCUT2D eigenvalue weighted by Gasteiger charge is 2.29. The van der Waals surface area contributed by atoms with E-state index in [1.165, 1.54) is 0 Å². The zero-order valence-electron chi connectivity index (χ0n) is 19.9. The van der Waals surface area contributed by atoms with E-state index >= 15 is 0 Å². The number of nitrogens with zero attached hydrogens (tertiary/aromatic N) is 1. The summed E-state index contributed by atoms with van der Waals surface area (Å²) in [7, 11) is 0. The van der Waals surface area contributed by atoms with Gasteiger partial charge in [-0.25, -0.2) is 0 Å². The topological polar surface area (TPSA) is 67.9 Å². The number of carbonyl (C=O) groups excluding carboxylic acids is 2. The van der Waals surface area contributed by atoms with Gasteiger partial charge in [0.2, 0.25) is 11.8 Å². The lowest BCUT2D eigenvalue weighted by Gasteiger charge is -2.31. The average Bonchev–Trinajstić information content (AvgIpc) is 2.82. The highest BCUT2D eigenvalue weighted by atomic mass is 35.5. The second-order valence-electron chi connectivity index (χ2n) is 8.76. The van der Waals surface area contributed by atoms with E-state index in [2.05, 4.69) is 5.32 Å². The molecule has 1 N–H and O–H groups in total. The van der Waals surface area contributed by atoms with Crippen LogP contribution in [0.1, 0.15) is 44.7 Å². The van der Waals surface area contributed by atoms with Gasteiger partial charge in [-0.15, -0.1) is 0 Å². The molecule has 0 bridgehead atoms. The van der Waals surface area contributed by atoms with Gasteiger partial charge in [-0.05, 0) is 48.6 Å². The molecule has 34 heavy (non-hydrogen) atoms. The molecule has 1 heterocycles. The quantitative estimate of drug-likeness (QED) is 0.476. The van der Waals surface area contributed by atoms with Crippen molar-refractivity contribution in [3.63, 3.8) is 0 Å². The van der Waals surface area contributed by atoms with Crippen LogP contribution >= 0.6 is 23.2 Å². The van der Waals surface area contributed by atoms with Crippen LogP contribution in [0, 0.1) is 5.92 Å². The molecular weight excluding hydrogens is 475 g/mol. The molecule has 2 aromatic carbocycles. The number of hydrogen-bond donors (Lipinski definition) is 1. The predicted octanol–water partition coefficient (Wildman–Crippen LogP) is 5.28. The molecule has 184 valence electrons. The fourth-order valence-electron chi connectivity index (χ4n) is 3.83. The molecule has 2 aromatic rings. The van der Waals surface area contributed by atoms with E-state index in [1.807, 2.05) is 39.0 Å². The third kappa shape index (κ3) is 6.80. The molecule has 0 fully saturated rings. The molecule has 0 aromatic heterocycles. The van der Waals surface area contributed by atoms with Gasteiger partial charge in [0.1, 0.15) is 19.3 Å². The summed E-state index contributed by atoms with van der Waals surface area (Å²) in [6.07, 6.45) is 1.21. The second kappa shape index (κ2) is 12.3. The van der Waals surface area contributed by atoms with E-state index in [0.29, 0.717) is 65.6 Å². The van der Waals surface area contributed by atoms with E-state index in [9.17, 15) is 9.59 Å². The van der Waals surface area contributed by atoms with Crippen LogP contribution in [0.4, 0.5) is 0 Å². The fraction of sp³-hybridized carbons (Fsp3) is 0.462. The smallest absolute Gasteiger partial charge is 0.242 e. The molecule has 1 aliphatic heterocycles. The van der Waals surface area contributed by atoms with Crippen molar-refractivity contribution in [2.75, 3.05) is 19.8 Å². The molecule has 0 radical (unpaired) electrons. The fourth-order valence-corrected chi connectivity index (χ4v) is 4.35. The number of halogens is 2. The Kier molecular flexibility index (Phi) is 9.48. The second-order valence-corrected chi connectivity index (χ2v) is 9.58. The third-order valence-electron chi connectivity index (χ3n) is 5.69. The van der Waals surface area contributed by atoms with E-state index in [4.69, 9.17) is 32.7 Å². The monoisotopic (exact) mass is 506 g/mol. The minimum absolute atomic E-state index is 0.141. The summed E-state index contributed by atoms with van der Waals surface area (Å²) in [4.78, 5) is 28.1. The van der Waals surface area contributed by atoms with Gasteiger partial charge >= 0.3 is 0 Å². The Labute approximate surface area is 211 Å². The first-order valence-electron chi connectivity index (χ1n) is 11.7. The summed E-state index contributed by atoms with van der Waals surface area (Å²) in [6, 6.07) is 10.3. The summed E-state index contributed by atoms with van der Waals surface area (Å²) in [6.45, 7) is 7.69. The lowest BCUT2D eigenvalue weighted by atomic mass is 10.1. The number of rotatable bonds is 10. The molecule has 0 saturated heterocycles. The first kappa shape index (κ1) is 26.2. The molecule has 1 unspecified atom stereocenters. The number of aryl methyl sites for hydroxylation is 1. The van der Waals surface area contributed by atoms with Crippen molar-refractivity contribution in [1.82, 2.24) is 10.2 Å². The van der Waals surface area contributed by atoms with Crippen molar-refractivity contribution >= 4 is 35.0 Å². The number of amides is 2. The molecule has 8 heteroatoms. The molecule has 3 rings (SSSR count). The molecule has 0 spiro atoms. The Morgan fingerprint density at radius 3 is 2.38 bits per heavy atom. The number of benzene rings is 2. The van der Waals surface area contributed by atoms with Crippen molar-refractivity contribution in [3.8, 4) is 11.5 Å². The highest BCUT2D eigenvalue weighted by Crippen LogP contribution is 2.31. The van der Waals surface area contributed by atoms with Crippen LogP contribution in [0.25, 0.3) is 0 Å². The summed E-state index contributed by atoms with van der Waals surface area (Å²) >= 11 is 12.8. The third-order valence-corrected chi connectivity index (χ3v) is 6.40. The number of carbonyl (C=O) groups is 2.